The number of nitrogens with two attached hydrogens (primary N) is 1. The SMILES string of the molecule is Cc1ccc(-c2ccnc(CC(C)(C)N)n2)c(C)c1C. The number of aryl methyl sites for hydroxylation is 1. The Balaban J connectivity index is 2.44. The van der Waals surface area contributed by atoms with Crippen molar-refractivity contribution in [3.63, 3.8) is 0 Å². The van der Waals surface area contributed by atoms with E-state index in [1.54, 1.807) is 0 Å². The predicted octanol–water partition coefficient (Wildman–Crippen LogP) is 3.35. The first-order valence-electron chi connectivity index (χ1n) is 6.96. The largest absolute Gasteiger partial charge is 0.325 e. The second-order valence-electron chi connectivity index (χ2n) is 6.20. The molecule has 0 radical (unpaired) electrons. The minimum atomic E-state index is -0.295. The molecule has 0 aliphatic heterocycles. The van der Waals surface area contributed by atoms with Gasteiger partial charge in [-0.1, -0.05) is 12.1 Å². The fourth-order valence-corrected chi connectivity index (χ4v) is 2.28. The molecule has 0 fully saturated rings. The van der Waals surface area contributed by atoms with E-state index in [-0.39, 0.29) is 5.54 Å². The van der Waals surface area contributed by atoms with Crippen LogP contribution >= 0.6 is 0 Å². The molecule has 0 bridgehead atoms. The van der Waals surface area contributed by atoms with Gasteiger partial charge in [-0.25, -0.2) is 9.97 Å². The maximum Gasteiger partial charge on any atom is 0.130 e. The summed E-state index contributed by atoms with van der Waals surface area (Å²) in [7, 11) is 0. The van der Waals surface area contributed by atoms with Crippen LogP contribution in [0.1, 0.15) is 36.4 Å². The molecule has 2 rings (SSSR count). The van der Waals surface area contributed by atoms with E-state index in [0.717, 1.165) is 11.5 Å². The van der Waals surface area contributed by atoms with Crippen LogP contribution in [0.4, 0.5) is 0 Å². The van der Waals surface area contributed by atoms with Crippen LogP contribution < -0.4 is 5.73 Å². The van der Waals surface area contributed by atoms with Gasteiger partial charge in [0.15, 0.2) is 0 Å². The molecule has 0 saturated carbocycles. The van der Waals surface area contributed by atoms with Crippen molar-refractivity contribution in [1.82, 2.24) is 9.97 Å². The summed E-state index contributed by atoms with van der Waals surface area (Å²) in [5.74, 6) is 0.799. The molecule has 20 heavy (non-hydrogen) atoms. The molecule has 0 aliphatic carbocycles. The van der Waals surface area contributed by atoms with E-state index < -0.39 is 0 Å². The van der Waals surface area contributed by atoms with E-state index in [1.807, 2.05) is 26.1 Å². The van der Waals surface area contributed by atoms with Gasteiger partial charge in [-0.3, -0.25) is 0 Å². The van der Waals surface area contributed by atoms with Crippen LogP contribution in [0, 0.1) is 20.8 Å². The van der Waals surface area contributed by atoms with Crippen molar-refractivity contribution in [2.24, 2.45) is 5.73 Å². The van der Waals surface area contributed by atoms with Crippen LogP contribution in [-0.2, 0) is 6.42 Å². The standard InChI is InChI=1S/C17H23N3/c1-11-6-7-14(13(3)12(11)2)15-8-9-19-16(20-15)10-17(4,5)18/h6-9H,10,18H2,1-5H3. The first-order valence-corrected chi connectivity index (χ1v) is 6.96. The highest BCUT2D eigenvalue weighted by molar-refractivity contribution is 5.65. The normalized spacial score (nSPS) is 11.7. The lowest BCUT2D eigenvalue weighted by atomic mass is 9.96. The maximum absolute atomic E-state index is 6.05. The summed E-state index contributed by atoms with van der Waals surface area (Å²) in [5.41, 5.74) is 11.8. The van der Waals surface area contributed by atoms with E-state index in [1.165, 1.54) is 22.3 Å². The topological polar surface area (TPSA) is 51.8 Å². The summed E-state index contributed by atoms with van der Waals surface area (Å²) in [6.45, 7) is 10.4. The molecule has 0 aliphatic rings. The fourth-order valence-electron chi connectivity index (χ4n) is 2.28. The van der Waals surface area contributed by atoms with Crippen molar-refractivity contribution in [2.45, 2.75) is 46.6 Å². The average Bonchev–Trinajstić information content (AvgIpc) is 2.34. The lowest BCUT2D eigenvalue weighted by Gasteiger charge is -2.17. The van der Waals surface area contributed by atoms with Gasteiger partial charge in [0.05, 0.1) is 5.69 Å². The van der Waals surface area contributed by atoms with Gasteiger partial charge < -0.3 is 5.73 Å². The number of nitrogens with zero attached hydrogens (tertiary/aromatic N) is 2. The van der Waals surface area contributed by atoms with Crippen LogP contribution in [-0.4, -0.2) is 15.5 Å². The van der Waals surface area contributed by atoms with Crippen LogP contribution in [0.15, 0.2) is 24.4 Å². The van der Waals surface area contributed by atoms with E-state index in [2.05, 4.69) is 42.9 Å². The Morgan fingerprint density at radius 3 is 2.40 bits per heavy atom. The zero-order chi connectivity index (χ0) is 14.9. The number of hydrogen-bond donors (Lipinski definition) is 1. The van der Waals surface area contributed by atoms with Crippen molar-refractivity contribution in [3.05, 3.63) is 46.9 Å². The number of benzene rings is 1. The lowest BCUT2D eigenvalue weighted by Crippen LogP contribution is -2.35. The van der Waals surface area contributed by atoms with Gasteiger partial charge in [0, 0.05) is 23.7 Å². The van der Waals surface area contributed by atoms with E-state index in [4.69, 9.17) is 5.73 Å². The molecule has 2 aromatic rings. The Hall–Kier alpha value is -1.74. The molecular weight excluding hydrogens is 246 g/mol. The van der Waals surface area contributed by atoms with Gasteiger partial charge >= 0.3 is 0 Å². The van der Waals surface area contributed by atoms with Crippen LogP contribution in [0.2, 0.25) is 0 Å². The number of hydrogen-bond acceptors (Lipinski definition) is 3. The highest BCUT2D eigenvalue weighted by Gasteiger charge is 2.15. The summed E-state index contributed by atoms with van der Waals surface area (Å²) in [6, 6.07) is 6.24. The van der Waals surface area contributed by atoms with Crippen LogP contribution in [0.3, 0.4) is 0 Å². The molecule has 106 valence electrons. The Kier molecular flexibility index (Phi) is 3.91. The van der Waals surface area contributed by atoms with Crippen molar-refractivity contribution in [3.8, 4) is 11.3 Å². The van der Waals surface area contributed by atoms with Gasteiger partial charge in [0.25, 0.3) is 0 Å². The Bertz CT molecular complexity index is 625. The molecule has 0 atom stereocenters. The molecule has 0 saturated heterocycles. The third-order valence-corrected chi connectivity index (χ3v) is 3.65. The smallest absolute Gasteiger partial charge is 0.130 e. The number of rotatable bonds is 3. The monoisotopic (exact) mass is 269 g/mol. The summed E-state index contributed by atoms with van der Waals surface area (Å²) < 4.78 is 0. The fraction of sp³-hybridized carbons (Fsp3) is 0.412. The van der Waals surface area contributed by atoms with E-state index in [9.17, 15) is 0 Å². The van der Waals surface area contributed by atoms with E-state index in [0.29, 0.717) is 6.42 Å². The van der Waals surface area contributed by atoms with Crippen molar-refractivity contribution in [1.29, 1.82) is 0 Å². The average molecular weight is 269 g/mol. The highest BCUT2D eigenvalue weighted by Crippen LogP contribution is 2.26. The van der Waals surface area contributed by atoms with Gasteiger partial charge in [0.1, 0.15) is 5.82 Å². The summed E-state index contributed by atoms with van der Waals surface area (Å²) in [6.07, 6.45) is 2.49. The molecule has 2 N–H and O–H groups in total. The third kappa shape index (κ3) is 3.23. The lowest BCUT2D eigenvalue weighted by molar-refractivity contribution is 0.502. The van der Waals surface area contributed by atoms with Crippen LogP contribution in [0.5, 0.6) is 0 Å². The molecular formula is C17H23N3. The van der Waals surface area contributed by atoms with Crippen molar-refractivity contribution in [2.75, 3.05) is 0 Å². The molecule has 1 aromatic heterocycles. The Morgan fingerprint density at radius 2 is 1.75 bits per heavy atom. The number of aromatic nitrogens is 2. The minimum Gasteiger partial charge on any atom is -0.325 e. The second-order valence-corrected chi connectivity index (χ2v) is 6.20. The summed E-state index contributed by atoms with van der Waals surface area (Å²) >= 11 is 0. The summed E-state index contributed by atoms with van der Waals surface area (Å²) in [4.78, 5) is 9.00. The first-order chi connectivity index (χ1) is 9.28. The molecule has 3 nitrogen and oxygen atoms in total. The Labute approximate surface area is 121 Å². The molecule has 1 heterocycles. The minimum absolute atomic E-state index is 0.295. The molecule has 1 aromatic carbocycles. The highest BCUT2D eigenvalue weighted by atomic mass is 14.9. The molecule has 0 spiro atoms. The van der Waals surface area contributed by atoms with Gasteiger partial charge in [-0.2, -0.15) is 0 Å². The van der Waals surface area contributed by atoms with Gasteiger partial charge in [-0.15, -0.1) is 0 Å². The zero-order valence-corrected chi connectivity index (χ0v) is 13.0. The second kappa shape index (κ2) is 5.33. The van der Waals surface area contributed by atoms with Crippen molar-refractivity contribution >= 4 is 0 Å². The van der Waals surface area contributed by atoms with Crippen LogP contribution in [0.25, 0.3) is 11.3 Å². The van der Waals surface area contributed by atoms with Gasteiger partial charge in [-0.05, 0) is 57.4 Å². The Morgan fingerprint density at radius 1 is 1.05 bits per heavy atom. The maximum atomic E-state index is 6.05. The zero-order valence-electron chi connectivity index (χ0n) is 13.0. The van der Waals surface area contributed by atoms with E-state index >= 15 is 0 Å². The van der Waals surface area contributed by atoms with Crippen molar-refractivity contribution < 1.29 is 0 Å². The van der Waals surface area contributed by atoms with Gasteiger partial charge in [0.2, 0.25) is 0 Å². The first kappa shape index (κ1) is 14.7. The quantitative estimate of drug-likeness (QED) is 0.929. The molecule has 3 heteroatoms. The molecule has 0 amide bonds. The third-order valence-electron chi connectivity index (χ3n) is 3.65. The predicted molar refractivity (Wildman–Crippen MR) is 83.6 cm³/mol. The molecule has 0 unspecified atom stereocenters. The summed E-state index contributed by atoms with van der Waals surface area (Å²) in [5, 5.41) is 0.